The molecule has 0 aliphatic carbocycles. The standard InChI is InChI=1S/C8H15NO2/c1-2-9-5-8(1)6-10-3-4-11-7-8/h9H,1-7H2. The van der Waals surface area contributed by atoms with Gasteiger partial charge in [-0.3, -0.25) is 0 Å². The highest BCUT2D eigenvalue weighted by Gasteiger charge is 2.35. The summed E-state index contributed by atoms with van der Waals surface area (Å²) in [4.78, 5) is 0. The fourth-order valence-electron chi connectivity index (χ4n) is 1.78. The Kier molecular flexibility index (Phi) is 2.11. The van der Waals surface area contributed by atoms with Crippen molar-refractivity contribution >= 4 is 0 Å². The van der Waals surface area contributed by atoms with E-state index >= 15 is 0 Å². The maximum Gasteiger partial charge on any atom is 0.0700 e. The van der Waals surface area contributed by atoms with E-state index in [0.29, 0.717) is 5.41 Å². The average molecular weight is 157 g/mol. The topological polar surface area (TPSA) is 30.5 Å². The third-order valence-corrected chi connectivity index (χ3v) is 2.52. The Balaban J connectivity index is 1.97. The number of hydrogen-bond donors (Lipinski definition) is 1. The largest absolute Gasteiger partial charge is 0.378 e. The van der Waals surface area contributed by atoms with Crippen LogP contribution in [0.15, 0.2) is 0 Å². The molecule has 0 radical (unpaired) electrons. The molecule has 0 saturated carbocycles. The van der Waals surface area contributed by atoms with Gasteiger partial charge in [0, 0.05) is 12.0 Å². The van der Waals surface area contributed by atoms with Crippen LogP contribution >= 0.6 is 0 Å². The summed E-state index contributed by atoms with van der Waals surface area (Å²) in [7, 11) is 0. The minimum atomic E-state index is 0.302. The third-order valence-electron chi connectivity index (χ3n) is 2.52. The van der Waals surface area contributed by atoms with Crippen LogP contribution in [0.4, 0.5) is 0 Å². The normalized spacial score (nSPS) is 30.5. The number of ether oxygens (including phenoxy) is 2. The summed E-state index contributed by atoms with van der Waals surface area (Å²) >= 11 is 0. The molecule has 0 atom stereocenters. The smallest absolute Gasteiger partial charge is 0.0700 e. The second-order valence-corrected chi connectivity index (χ2v) is 3.53. The molecule has 2 aliphatic heterocycles. The average Bonchev–Trinajstić information content (AvgIpc) is 2.32. The van der Waals surface area contributed by atoms with Gasteiger partial charge in [0.2, 0.25) is 0 Å². The van der Waals surface area contributed by atoms with Gasteiger partial charge in [-0.05, 0) is 13.0 Å². The fraction of sp³-hybridized carbons (Fsp3) is 1.00. The van der Waals surface area contributed by atoms with Gasteiger partial charge in [0.15, 0.2) is 0 Å². The zero-order chi connectivity index (χ0) is 7.57. The first kappa shape index (κ1) is 7.53. The van der Waals surface area contributed by atoms with E-state index in [1.807, 2.05) is 0 Å². The number of hydrogen-bond acceptors (Lipinski definition) is 3. The Bertz CT molecular complexity index is 122. The van der Waals surface area contributed by atoms with Crippen LogP contribution in [0.3, 0.4) is 0 Å². The molecule has 0 aromatic carbocycles. The molecule has 11 heavy (non-hydrogen) atoms. The summed E-state index contributed by atoms with van der Waals surface area (Å²) in [5.74, 6) is 0. The third kappa shape index (κ3) is 1.55. The highest BCUT2D eigenvalue weighted by atomic mass is 16.5. The van der Waals surface area contributed by atoms with Crippen LogP contribution in [0.5, 0.6) is 0 Å². The molecule has 2 aliphatic rings. The maximum atomic E-state index is 5.47. The van der Waals surface area contributed by atoms with E-state index in [9.17, 15) is 0 Å². The molecule has 0 aromatic heterocycles. The summed E-state index contributed by atoms with van der Waals surface area (Å²) < 4.78 is 10.9. The molecule has 2 rings (SSSR count). The molecular formula is C8H15NO2. The molecule has 1 N–H and O–H groups in total. The molecule has 2 saturated heterocycles. The van der Waals surface area contributed by atoms with E-state index in [4.69, 9.17) is 9.47 Å². The van der Waals surface area contributed by atoms with Gasteiger partial charge in [0.05, 0.1) is 26.4 Å². The van der Waals surface area contributed by atoms with E-state index in [-0.39, 0.29) is 0 Å². The Morgan fingerprint density at radius 1 is 1.09 bits per heavy atom. The molecule has 3 nitrogen and oxygen atoms in total. The van der Waals surface area contributed by atoms with Crippen molar-refractivity contribution in [2.45, 2.75) is 6.42 Å². The Labute approximate surface area is 67.1 Å². The molecule has 2 fully saturated rings. The lowest BCUT2D eigenvalue weighted by Crippen LogP contribution is -2.32. The fourth-order valence-corrected chi connectivity index (χ4v) is 1.78. The highest BCUT2D eigenvalue weighted by molar-refractivity contribution is 4.88. The van der Waals surface area contributed by atoms with Crippen LogP contribution in [0.1, 0.15) is 6.42 Å². The van der Waals surface area contributed by atoms with Crippen molar-refractivity contribution in [2.24, 2.45) is 5.41 Å². The van der Waals surface area contributed by atoms with Gasteiger partial charge in [-0.2, -0.15) is 0 Å². The second-order valence-electron chi connectivity index (χ2n) is 3.53. The molecule has 2 heterocycles. The van der Waals surface area contributed by atoms with Crippen molar-refractivity contribution in [1.82, 2.24) is 5.32 Å². The molecule has 1 spiro atoms. The Morgan fingerprint density at radius 2 is 1.82 bits per heavy atom. The van der Waals surface area contributed by atoms with Crippen LogP contribution in [-0.4, -0.2) is 39.5 Å². The number of rotatable bonds is 0. The van der Waals surface area contributed by atoms with Gasteiger partial charge >= 0.3 is 0 Å². The summed E-state index contributed by atoms with van der Waals surface area (Å²) in [5.41, 5.74) is 0.302. The summed E-state index contributed by atoms with van der Waals surface area (Å²) in [6, 6.07) is 0. The van der Waals surface area contributed by atoms with E-state index in [1.165, 1.54) is 6.42 Å². The molecule has 3 heteroatoms. The van der Waals surface area contributed by atoms with E-state index in [2.05, 4.69) is 5.32 Å². The first-order valence-corrected chi connectivity index (χ1v) is 4.28. The van der Waals surface area contributed by atoms with E-state index in [0.717, 1.165) is 39.5 Å². The monoisotopic (exact) mass is 157 g/mol. The van der Waals surface area contributed by atoms with Crippen LogP contribution in [0.2, 0.25) is 0 Å². The minimum Gasteiger partial charge on any atom is -0.378 e. The van der Waals surface area contributed by atoms with Crippen molar-refractivity contribution in [3.05, 3.63) is 0 Å². The van der Waals surface area contributed by atoms with Crippen molar-refractivity contribution in [3.8, 4) is 0 Å². The van der Waals surface area contributed by atoms with Gasteiger partial charge in [0.25, 0.3) is 0 Å². The van der Waals surface area contributed by atoms with Gasteiger partial charge in [-0.25, -0.2) is 0 Å². The van der Waals surface area contributed by atoms with Crippen molar-refractivity contribution in [1.29, 1.82) is 0 Å². The quantitative estimate of drug-likeness (QED) is 0.537. The van der Waals surface area contributed by atoms with Gasteiger partial charge in [-0.1, -0.05) is 0 Å². The van der Waals surface area contributed by atoms with Gasteiger partial charge < -0.3 is 14.8 Å². The lowest BCUT2D eigenvalue weighted by Gasteiger charge is -2.24. The van der Waals surface area contributed by atoms with Crippen molar-refractivity contribution in [2.75, 3.05) is 39.5 Å². The molecule has 0 unspecified atom stereocenters. The zero-order valence-electron chi connectivity index (χ0n) is 6.77. The molecule has 0 amide bonds. The summed E-state index contributed by atoms with van der Waals surface area (Å²) in [6.45, 7) is 5.46. The zero-order valence-corrected chi connectivity index (χ0v) is 6.77. The Hall–Kier alpha value is -0.120. The Morgan fingerprint density at radius 3 is 2.36 bits per heavy atom. The predicted octanol–water partition coefficient (Wildman–Crippen LogP) is 0.0129. The maximum absolute atomic E-state index is 5.47. The summed E-state index contributed by atoms with van der Waals surface area (Å²) in [6.07, 6.45) is 1.20. The molecule has 0 aromatic rings. The molecular weight excluding hydrogens is 142 g/mol. The molecule has 0 bridgehead atoms. The molecule has 64 valence electrons. The van der Waals surface area contributed by atoms with Crippen LogP contribution in [0, 0.1) is 5.41 Å². The number of nitrogens with one attached hydrogen (secondary N) is 1. The SMILES string of the molecule is C1CC2(CN1)COCCOC2. The van der Waals surface area contributed by atoms with E-state index < -0.39 is 0 Å². The predicted molar refractivity (Wildman–Crippen MR) is 41.6 cm³/mol. The lowest BCUT2D eigenvalue weighted by molar-refractivity contribution is 0.0670. The highest BCUT2D eigenvalue weighted by Crippen LogP contribution is 2.27. The van der Waals surface area contributed by atoms with Crippen molar-refractivity contribution in [3.63, 3.8) is 0 Å². The van der Waals surface area contributed by atoms with Gasteiger partial charge in [-0.15, -0.1) is 0 Å². The van der Waals surface area contributed by atoms with Crippen LogP contribution in [0.25, 0.3) is 0 Å². The van der Waals surface area contributed by atoms with Crippen LogP contribution < -0.4 is 5.32 Å². The van der Waals surface area contributed by atoms with E-state index in [1.54, 1.807) is 0 Å². The van der Waals surface area contributed by atoms with Crippen molar-refractivity contribution < 1.29 is 9.47 Å². The second kappa shape index (κ2) is 3.09. The van der Waals surface area contributed by atoms with Crippen LogP contribution in [-0.2, 0) is 9.47 Å². The lowest BCUT2D eigenvalue weighted by atomic mass is 9.89. The summed E-state index contributed by atoms with van der Waals surface area (Å²) in [5, 5.41) is 3.35. The van der Waals surface area contributed by atoms with Gasteiger partial charge in [0.1, 0.15) is 0 Å². The first-order valence-electron chi connectivity index (χ1n) is 4.28. The first-order chi connectivity index (χ1) is 5.41. The minimum absolute atomic E-state index is 0.302.